The molecule has 1 saturated heterocycles. The Bertz CT molecular complexity index is 1310. The third-order valence-electron chi connectivity index (χ3n) is 5.75. The van der Waals surface area contributed by atoms with Crippen LogP contribution in [-0.4, -0.2) is 58.7 Å². The van der Waals surface area contributed by atoms with E-state index in [2.05, 4.69) is 22.5 Å². The second kappa shape index (κ2) is 10.3. The number of carbonyl (C=O) groups is 1. The lowest BCUT2D eigenvalue weighted by Gasteiger charge is -2.27. The average Bonchev–Trinajstić information content (AvgIpc) is 3.48. The van der Waals surface area contributed by atoms with Gasteiger partial charge in [-0.1, -0.05) is 30.9 Å². The average molecular weight is 487 g/mol. The predicted octanol–water partition coefficient (Wildman–Crippen LogP) is 4.72. The number of amidine groups is 1. The normalized spacial score (nSPS) is 17.1. The number of para-hydroxylation sites is 1. The first-order valence-electron chi connectivity index (χ1n) is 11.5. The molecule has 2 aliphatic heterocycles. The fourth-order valence-electron chi connectivity index (χ4n) is 3.97. The molecule has 0 atom stereocenters. The van der Waals surface area contributed by atoms with Crippen LogP contribution in [0.3, 0.4) is 0 Å². The van der Waals surface area contributed by atoms with Gasteiger partial charge >= 0.3 is 0 Å². The number of amides is 1. The number of thioether (sulfide) groups is 1. The van der Waals surface area contributed by atoms with E-state index in [9.17, 15) is 4.79 Å². The smallest absolute Gasteiger partial charge is 0.286 e. The van der Waals surface area contributed by atoms with Crippen LogP contribution in [0.5, 0.6) is 5.75 Å². The van der Waals surface area contributed by atoms with E-state index in [-0.39, 0.29) is 5.91 Å². The van der Waals surface area contributed by atoms with Gasteiger partial charge in [0.1, 0.15) is 18.1 Å². The Morgan fingerprint density at radius 3 is 2.71 bits per heavy atom. The summed E-state index contributed by atoms with van der Waals surface area (Å²) in [5, 5.41) is 5.63. The number of aryl methyl sites for hydroxylation is 1. The number of morpholine rings is 1. The summed E-state index contributed by atoms with van der Waals surface area (Å²) in [4.78, 5) is 19.8. The maximum Gasteiger partial charge on any atom is 0.286 e. The molecule has 1 fully saturated rings. The van der Waals surface area contributed by atoms with Crippen molar-refractivity contribution in [3.63, 3.8) is 0 Å². The number of aromatic nitrogens is 2. The summed E-state index contributed by atoms with van der Waals surface area (Å²) < 4.78 is 13.0. The van der Waals surface area contributed by atoms with Crippen LogP contribution in [0.15, 0.2) is 77.3 Å². The Hall–Kier alpha value is -3.62. The zero-order chi connectivity index (χ0) is 24.2. The molecule has 7 nitrogen and oxygen atoms in total. The molecule has 8 heteroatoms. The van der Waals surface area contributed by atoms with Crippen LogP contribution in [0.25, 0.3) is 23.0 Å². The molecule has 5 rings (SSSR count). The molecule has 178 valence electrons. The van der Waals surface area contributed by atoms with Gasteiger partial charge in [0.25, 0.3) is 5.91 Å². The summed E-state index contributed by atoms with van der Waals surface area (Å²) in [6.45, 7) is 8.94. The topological polar surface area (TPSA) is 68.9 Å². The zero-order valence-corrected chi connectivity index (χ0v) is 20.3. The molecule has 0 saturated carbocycles. The maximum absolute atomic E-state index is 12.8. The van der Waals surface area contributed by atoms with Gasteiger partial charge in [-0.2, -0.15) is 10.1 Å². The first-order chi connectivity index (χ1) is 17.1. The Morgan fingerprint density at radius 2 is 1.97 bits per heavy atom. The Balaban J connectivity index is 1.51. The van der Waals surface area contributed by atoms with Crippen LogP contribution >= 0.6 is 11.8 Å². The lowest BCUT2D eigenvalue weighted by Crippen LogP contribution is -2.38. The number of hydrogen-bond acceptors (Lipinski definition) is 6. The first kappa shape index (κ1) is 23.1. The molecule has 0 spiro atoms. The van der Waals surface area contributed by atoms with Gasteiger partial charge in [-0.15, -0.1) is 0 Å². The van der Waals surface area contributed by atoms with E-state index in [4.69, 9.17) is 14.6 Å². The molecule has 1 aromatic heterocycles. The SMILES string of the molecule is C=CCOc1ccc(-c2nn(-c3ccccc3)cc2C=C2SC(N3CCOCC3)=NC2=O)cc1C. The van der Waals surface area contributed by atoms with Crippen LogP contribution in [0.1, 0.15) is 11.1 Å². The van der Waals surface area contributed by atoms with Crippen LogP contribution in [0.2, 0.25) is 0 Å². The van der Waals surface area contributed by atoms with Crippen LogP contribution in [0.4, 0.5) is 0 Å². The molecule has 0 bridgehead atoms. The monoisotopic (exact) mass is 486 g/mol. The van der Waals surface area contributed by atoms with Gasteiger partial charge in [-0.3, -0.25) is 4.79 Å². The number of ether oxygens (including phenoxy) is 2. The lowest BCUT2D eigenvalue weighted by atomic mass is 10.0. The number of hydrogen-bond donors (Lipinski definition) is 0. The first-order valence-corrected chi connectivity index (χ1v) is 12.3. The van der Waals surface area contributed by atoms with E-state index >= 15 is 0 Å². The molecule has 3 aromatic rings. The second-order valence-corrected chi connectivity index (χ2v) is 9.21. The van der Waals surface area contributed by atoms with Gasteiger partial charge in [0, 0.05) is 30.4 Å². The van der Waals surface area contributed by atoms with E-state index in [1.165, 1.54) is 11.8 Å². The summed E-state index contributed by atoms with van der Waals surface area (Å²) in [5.41, 5.74) is 4.52. The number of nitrogens with zero attached hydrogens (tertiary/aromatic N) is 4. The molecule has 3 heterocycles. The minimum absolute atomic E-state index is 0.223. The lowest BCUT2D eigenvalue weighted by molar-refractivity contribution is -0.113. The Labute approximate surface area is 208 Å². The predicted molar refractivity (Wildman–Crippen MR) is 140 cm³/mol. The third kappa shape index (κ3) is 5.08. The van der Waals surface area contributed by atoms with Crippen molar-refractivity contribution in [1.29, 1.82) is 0 Å². The van der Waals surface area contributed by atoms with E-state index in [0.29, 0.717) is 24.7 Å². The summed E-state index contributed by atoms with van der Waals surface area (Å²) >= 11 is 1.41. The highest BCUT2D eigenvalue weighted by Gasteiger charge is 2.28. The molecule has 0 aliphatic carbocycles. The molecule has 2 aromatic carbocycles. The highest BCUT2D eigenvalue weighted by molar-refractivity contribution is 8.18. The largest absolute Gasteiger partial charge is 0.489 e. The van der Waals surface area contributed by atoms with Crippen molar-refractivity contribution in [2.45, 2.75) is 6.92 Å². The maximum atomic E-state index is 12.8. The van der Waals surface area contributed by atoms with Gasteiger partial charge in [-0.05, 0) is 60.7 Å². The van der Waals surface area contributed by atoms with Crippen LogP contribution < -0.4 is 4.74 Å². The fourth-order valence-corrected chi connectivity index (χ4v) is 4.92. The summed E-state index contributed by atoms with van der Waals surface area (Å²) in [6.07, 6.45) is 5.57. The molecule has 1 amide bonds. The van der Waals surface area contributed by atoms with E-state index < -0.39 is 0 Å². The van der Waals surface area contributed by atoms with Gasteiger partial charge in [-0.25, -0.2) is 4.68 Å². The number of carbonyl (C=O) groups excluding carboxylic acids is 1. The molecule has 35 heavy (non-hydrogen) atoms. The zero-order valence-electron chi connectivity index (χ0n) is 19.5. The summed E-state index contributed by atoms with van der Waals surface area (Å²) in [5.74, 6) is 0.584. The number of aliphatic imine (C=N–C) groups is 1. The molecular weight excluding hydrogens is 460 g/mol. The molecule has 0 radical (unpaired) electrons. The van der Waals surface area contributed by atoms with Crippen molar-refractivity contribution in [2.75, 3.05) is 32.9 Å². The number of benzene rings is 2. The molecular formula is C27H26N4O3S. The van der Waals surface area contributed by atoms with Crippen molar-refractivity contribution in [1.82, 2.24) is 14.7 Å². The summed E-state index contributed by atoms with van der Waals surface area (Å²) in [7, 11) is 0. The van der Waals surface area contributed by atoms with Crippen molar-refractivity contribution in [2.24, 2.45) is 4.99 Å². The number of rotatable bonds is 6. The van der Waals surface area contributed by atoms with Crippen molar-refractivity contribution >= 4 is 28.9 Å². The highest BCUT2D eigenvalue weighted by atomic mass is 32.2. The van der Waals surface area contributed by atoms with E-state index in [1.807, 2.05) is 66.3 Å². The van der Waals surface area contributed by atoms with Gasteiger partial charge in [0.2, 0.25) is 0 Å². The molecule has 2 aliphatic rings. The van der Waals surface area contributed by atoms with Gasteiger partial charge in [0.15, 0.2) is 5.17 Å². The third-order valence-corrected chi connectivity index (χ3v) is 6.79. The van der Waals surface area contributed by atoms with Crippen molar-refractivity contribution < 1.29 is 14.3 Å². The highest BCUT2D eigenvalue weighted by Crippen LogP contribution is 2.34. The van der Waals surface area contributed by atoms with Crippen molar-refractivity contribution in [3.05, 3.63) is 83.4 Å². The Kier molecular flexibility index (Phi) is 6.83. The molecule has 0 unspecified atom stereocenters. The Morgan fingerprint density at radius 1 is 1.17 bits per heavy atom. The standard InChI is InChI=1S/C27H26N4O3S/c1-3-13-34-23-10-9-20(16-19(23)2)25-21(18-31(29-25)22-7-5-4-6-8-22)17-24-26(32)28-27(35-24)30-11-14-33-15-12-30/h3-10,16-18H,1,11-15H2,2H3. The fraction of sp³-hybridized carbons (Fsp3) is 0.222. The minimum atomic E-state index is -0.223. The van der Waals surface area contributed by atoms with E-state index in [0.717, 1.165) is 52.1 Å². The van der Waals surface area contributed by atoms with E-state index in [1.54, 1.807) is 6.08 Å². The second-order valence-electron chi connectivity index (χ2n) is 8.20. The minimum Gasteiger partial charge on any atom is -0.489 e. The van der Waals surface area contributed by atoms with Crippen LogP contribution in [0, 0.1) is 6.92 Å². The van der Waals surface area contributed by atoms with Crippen molar-refractivity contribution in [3.8, 4) is 22.7 Å². The van der Waals surface area contributed by atoms with Crippen LogP contribution in [-0.2, 0) is 9.53 Å². The summed E-state index contributed by atoms with van der Waals surface area (Å²) in [6, 6.07) is 15.9. The van der Waals surface area contributed by atoms with Gasteiger partial charge in [0.05, 0.1) is 23.8 Å². The molecule has 0 N–H and O–H groups in total. The quantitative estimate of drug-likeness (QED) is 0.371. The van der Waals surface area contributed by atoms with Gasteiger partial charge < -0.3 is 14.4 Å².